The SMILES string of the molecule is CC(C)(C)N(C(=O)Oc1ccnc(NS(=O)(=O)C2CC2)n1)C1CC1. The van der Waals surface area contributed by atoms with Gasteiger partial charge in [0.05, 0.1) is 5.25 Å². The summed E-state index contributed by atoms with van der Waals surface area (Å²) in [6.45, 7) is 5.84. The van der Waals surface area contributed by atoms with Crippen LogP contribution < -0.4 is 9.46 Å². The Morgan fingerprint density at radius 3 is 2.50 bits per heavy atom. The van der Waals surface area contributed by atoms with Crippen molar-refractivity contribution in [2.45, 2.75) is 63.3 Å². The third kappa shape index (κ3) is 3.95. The van der Waals surface area contributed by atoms with Gasteiger partial charge in [-0.15, -0.1) is 0 Å². The maximum Gasteiger partial charge on any atom is 0.417 e. The Hall–Kier alpha value is -1.90. The van der Waals surface area contributed by atoms with Crippen LogP contribution in [-0.2, 0) is 10.0 Å². The van der Waals surface area contributed by atoms with Gasteiger partial charge < -0.3 is 9.64 Å². The number of hydrogen-bond donors (Lipinski definition) is 1. The van der Waals surface area contributed by atoms with Crippen LogP contribution in [-0.4, -0.2) is 46.2 Å². The van der Waals surface area contributed by atoms with Crippen LogP contribution in [0.5, 0.6) is 5.88 Å². The normalized spacial score (nSPS) is 18.1. The van der Waals surface area contributed by atoms with Gasteiger partial charge in [0, 0.05) is 23.8 Å². The van der Waals surface area contributed by atoms with Crippen molar-refractivity contribution in [2.24, 2.45) is 0 Å². The van der Waals surface area contributed by atoms with E-state index in [4.69, 9.17) is 4.74 Å². The number of nitrogens with one attached hydrogen (secondary N) is 1. The van der Waals surface area contributed by atoms with Gasteiger partial charge in [0.15, 0.2) is 0 Å². The third-order valence-corrected chi connectivity index (χ3v) is 5.67. The van der Waals surface area contributed by atoms with Crippen LogP contribution in [0.2, 0.25) is 0 Å². The number of carbonyl (C=O) groups is 1. The molecule has 0 radical (unpaired) electrons. The lowest BCUT2D eigenvalue weighted by molar-refractivity contribution is 0.100. The van der Waals surface area contributed by atoms with Crippen molar-refractivity contribution in [3.63, 3.8) is 0 Å². The first-order valence-electron chi connectivity index (χ1n) is 8.02. The van der Waals surface area contributed by atoms with Crippen LogP contribution in [0.3, 0.4) is 0 Å². The molecule has 24 heavy (non-hydrogen) atoms. The van der Waals surface area contributed by atoms with E-state index >= 15 is 0 Å². The van der Waals surface area contributed by atoms with Crippen molar-refractivity contribution < 1.29 is 17.9 Å². The molecule has 1 N–H and O–H groups in total. The molecular weight excluding hydrogens is 332 g/mol. The van der Waals surface area contributed by atoms with Gasteiger partial charge in [0.2, 0.25) is 21.9 Å². The fourth-order valence-electron chi connectivity index (χ4n) is 2.48. The number of aromatic nitrogens is 2. The van der Waals surface area contributed by atoms with Gasteiger partial charge >= 0.3 is 6.09 Å². The van der Waals surface area contributed by atoms with E-state index in [1.54, 1.807) is 4.90 Å². The summed E-state index contributed by atoms with van der Waals surface area (Å²) in [4.78, 5) is 22.0. The van der Waals surface area contributed by atoms with E-state index < -0.39 is 16.1 Å². The van der Waals surface area contributed by atoms with E-state index in [0.717, 1.165) is 12.8 Å². The number of anilines is 1. The van der Waals surface area contributed by atoms with E-state index in [-0.39, 0.29) is 28.7 Å². The van der Waals surface area contributed by atoms with Crippen LogP contribution in [0.1, 0.15) is 46.5 Å². The lowest BCUT2D eigenvalue weighted by Crippen LogP contribution is -2.48. The molecule has 2 aliphatic rings. The number of ether oxygens (including phenoxy) is 1. The molecule has 132 valence electrons. The highest BCUT2D eigenvalue weighted by atomic mass is 32.2. The highest BCUT2D eigenvalue weighted by Gasteiger charge is 2.41. The second kappa shape index (κ2) is 5.87. The zero-order chi connectivity index (χ0) is 17.5. The van der Waals surface area contributed by atoms with Crippen molar-refractivity contribution in [1.29, 1.82) is 0 Å². The van der Waals surface area contributed by atoms with Crippen molar-refractivity contribution in [1.82, 2.24) is 14.9 Å². The monoisotopic (exact) mass is 354 g/mol. The molecule has 2 aliphatic carbocycles. The standard InChI is InChI=1S/C15H22N4O4S/c1-15(2,3)19(10-4-5-10)14(20)23-12-8-9-16-13(17-12)18-24(21,22)11-6-7-11/h8-11H,4-7H2,1-3H3,(H,16,17,18). The summed E-state index contributed by atoms with van der Waals surface area (Å²) >= 11 is 0. The van der Waals surface area contributed by atoms with E-state index in [2.05, 4.69) is 14.7 Å². The first kappa shape index (κ1) is 16.9. The summed E-state index contributed by atoms with van der Waals surface area (Å²) in [6, 6.07) is 1.62. The average molecular weight is 354 g/mol. The van der Waals surface area contributed by atoms with Crippen molar-refractivity contribution in [3.8, 4) is 5.88 Å². The molecule has 0 saturated heterocycles. The molecule has 1 aromatic rings. The second-order valence-corrected chi connectivity index (χ2v) is 9.17. The van der Waals surface area contributed by atoms with Crippen molar-refractivity contribution in [2.75, 3.05) is 4.72 Å². The summed E-state index contributed by atoms with van der Waals surface area (Å²) in [5.41, 5.74) is -0.359. The molecular formula is C15H22N4O4S. The number of carbonyl (C=O) groups excluding carboxylic acids is 1. The second-order valence-electron chi connectivity index (χ2n) is 7.20. The highest BCUT2D eigenvalue weighted by Crippen LogP contribution is 2.33. The quantitative estimate of drug-likeness (QED) is 0.869. The molecule has 0 spiro atoms. The Morgan fingerprint density at radius 2 is 1.96 bits per heavy atom. The molecule has 0 aromatic carbocycles. The van der Waals surface area contributed by atoms with E-state index in [0.29, 0.717) is 12.8 Å². The van der Waals surface area contributed by atoms with Gasteiger partial charge in [-0.2, -0.15) is 4.98 Å². The molecule has 0 atom stereocenters. The molecule has 3 rings (SSSR count). The minimum Gasteiger partial charge on any atom is -0.391 e. The molecule has 8 nitrogen and oxygen atoms in total. The van der Waals surface area contributed by atoms with Crippen LogP contribution >= 0.6 is 0 Å². The zero-order valence-electron chi connectivity index (χ0n) is 14.0. The van der Waals surface area contributed by atoms with Gasteiger partial charge in [-0.1, -0.05) is 0 Å². The van der Waals surface area contributed by atoms with Crippen LogP contribution in [0.15, 0.2) is 12.3 Å². The first-order chi connectivity index (χ1) is 11.2. The number of rotatable bonds is 5. The summed E-state index contributed by atoms with van der Waals surface area (Å²) in [6.07, 6.45) is 4.09. The van der Waals surface area contributed by atoms with Gasteiger partial charge in [-0.25, -0.2) is 18.2 Å². The molecule has 2 fully saturated rings. The number of nitrogens with zero attached hydrogens (tertiary/aromatic N) is 3. The Bertz CT molecular complexity index is 736. The minimum atomic E-state index is -3.45. The van der Waals surface area contributed by atoms with Crippen LogP contribution in [0, 0.1) is 0 Å². The predicted octanol–water partition coefficient (Wildman–Crippen LogP) is 2.14. The third-order valence-electron chi connectivity index (χ3n) is 3.85. The highest BCUT2D eigenvalue weighted by molar-refractivity contribution is 7.93. The van der Waals surface area contributed by atoms with Crippen molar-refractivity contribution >= 4 is 22.1 Å². The maximum atomic E-state index is 12.5. The Kier molecular flexibility index (Phi) is 4.15. The Morgan fingerprint density at radius 1 is 1.29 bits per heavy atom. The summed E-state index contributed by atoms with van der Waals surface area (Å²) in [5, 5.41) is -0.376. The minimum absolute atomic E-state index is 0.0263. The largest absolute Gasteiger partial charge is 0.417 e. The summed E-state index contributed by atoms with van der Waals surface area (Å²) in [5.74, 6) is -0.0562. The van der Waals surface area contributed by atoms with Crippen LogP contribution in [0.25, 0.3) is 0 Å². The average Bonchev–Trinajstić information content (AvgIpc) is 3.31. The Balaban J connectivity index is 1.71. The number of hydrogen-bond acceptors (Lipinski definition) is 6. The van der Waals surface area contributed by atoms with Gasteiger partial charge in [0.25, 0.3) is 0 Å². The molecule has 1 amide bonds. The zero-order valence-corrected chi connectivity index (χ0v) is 14.8. The topological polar surface area (TPSA) is 101 Å². The molecule has 0 aliphatic heterocycles. The summed E-state index contributed by atoms with van der Waals surface area (Å²) in [7, 11) is -3.45. The van der Waals surface area contributed by atoms with Gasteiger partial charge in [-0.05, 0) is 46.5 Å². The van der Waals surface area contributed by atoms with E-state index in [1.807, 2.05) is 20.8 Å². The molecule has 9 heteroatoms. The fourth-order valence-corrected chi connectivity index (χ4v) is 3.76. The van der Waals surface area contributed by atoms with Gasteiger partial charge in [-0.3, -0.25) is 4.72 Å². The number of amides is 1. The molecule has 1 aromatic heterocycles. The lowest BCUT2D eigenvalue weighted by Gasteiger charge is -2.34. The smallest absolute Gasteiger partial charge is 0.391 e. The predicted molar refractivity (Wildman–Crippen MR) is 88.2 cm³/mol. The fraction of sp³-hybridized carbons (Fsp3) is 0.667. The molecule has 2 saturated carbocycles. The summed E-state index contributed by atoms with van der Waals surface area (Å²) < 4.78 is 31.5. The van der Waals surface area contributed by atoms with Crippen molar-refractivity contribution in [3.05, 3.63) is 12.3 Å². The molecule has 0 unspecified atom stereocenters. The van der Waals surface area contributed by atoms with E-state index in [9.17, 15) is 13.2 Å². The maximum absolute atomic E-state index is 12.5. The van der Waals surface area contributed by atoms with E-state index in [1.165, 1.54) is 12.3 Å². The first-order valence-corrected chi connectivity index (χ1v) is 9.57. The molecule has 1 heterocycles. The van der Waals surface area contributed by atoms with Gasteiger partial charge in [0.1, 0.15) is 0 Å². The number of sulfonamides is 1. The Labute approximate surface area is 141 Å². The molecule has 0 bridgehead atoms. The lowest BCUT2D eigenvalue weighted by atomic mass is 10.1. The van der Waals surface area contributed by atoms with Crippen LogP contribution in [0.4, 0.5) is 10.7 Å².